The molecule has 1 amide bonds. The van der Waals surface area contributed by atoms with E-state index in [4.69, 9.17) is 26.3 Å². The number of ether oxygens (including phenoxy) is 1. The van der Waals surface area contributed by atoms with Gasteiger partial charge in [0, 0.05) is 29.9 Å². The van der Waals surface area contributed by atoms with Gasteiger partial charge in [-0.05, 0) is 17.7 Å². The lowest BCUT2D eigenvalue weighted by Crippen LogP contribution is -2.37. The quantitative estimate of drug-likeness (QED) is 0.396. The van der Waals surface area contributed by atoms with Gasteiger partial charge in [-0.1, -0.05) is 49.3 Å². The molecule has 0 aliphatic carbocycles. The van der Waals surface area contributed by atoms with Crippen LogP contribution in [0.1, 0.15) is 19.4 Å². The Morgan fingerprint density at radius 2 is 1.97 bits per heavy atom. The van der Waals surface area contributed by atoms with Crippen LogP contribution in [0, 0.1) is 0 Å². The molecule has 3 heterocycles. The normalized spacial score (nSPS) is 14.3. The summed E-state index contributed by atoms with van der Waals surface area (Å²) < 4.78 is 7.34. The number of fused-ring (bicyclic) bond motifs is 1. The molecule has 0 saturated carbocycles. The molecule has 0 radical (unpaired) electrons. The van der Waals surface area contributed by atoms with Crippen LogP contribution in [-0.4, -0.2) is 63.8 Å². The van der Waals surface area contributed by atoms with Gasteiger partial charge in [-0.3, -0.25) is 4.79 Å². The third kappa shape index (κ3) is 5.70. The molecule has 0 spiro atoms. The van der Waals surface area contributed by atoms with Crippen LogP contribution in [0.2, 0.25) is 5.02 Å². The summed E-state index contributed by atoms with van der Waals surface area (Å²) in [5, 5.41) is 10.2. The van der Waals surface area contributed by atoms with E-state index < -0.39 is 0 Å². The van der Waals surface area contributed by atoms with Crippen molar-refractivity contribution >= 4 is 46.1 Å². The number of hydrogen-bond donors (Lipinski definition) is 1. The van der Waals surface area contributed by atoms with E-state index in [1.165, 1.54) is 0 Å². The Kier molecular flexibility index (Phi) is 7.49. The number of hydrogen-bond acceptors (Lipinski definition) is 7. The number of nitrogens with one attached hydrogen (secondary N) is 1. The molecule has 1 aliphatic rings. The van der Waals surface area contributed by atoms with Crippen molar-refractivity contribution in [2.45, 2.75) is 37.2 Å². The van der Waals surface area contributed by atoms with Crippen LogP contribution in [0.4, 0.5) is 5.82 Å². The second-order valence-corrected chi connectivity index (χ2v) is 9.83. The molecule has 0 unspecified atom stereocenters. The first kappa shape index (κ1) is 22.8. The smallest absolute Gasteiger partial charge is 0.224 e. The predicted molar refractivity (Wildman–Crippen MR) is 128 cm³/mol. The zero-order chi connectivity index (χ0) is 22.5. The van der Waals surface area contributed by atoms with Crippen LogP contribution < -0.4 is 10.2 Å². The molecule has 0 atom stereocenters. The summed E-state index contributed by atoms with van der Waals surface area (Å²) >= 11 is 7.54. The Morgan fingerprint density at radius 1 is 1.22 bits per heavy atom. The van der Waals surface area contributed by atoms with Crippen molar-refractivity contribution in [1.29, 1.82) is 0 Å². The number of morpholine rings is 1. The van der Waals surface area contributed by atoms with E-state index in [-0.39, 0.29) is 5.91 Å². The Bertz CT molecular complexity index is 1070. The molecule has 1 aliphatic heterocycles. The Labute approximate surface area is 196 Å². The number of thioether (sulfide) groups is 1. The summed E-state index contributed by atoms with van der Waals surface area (Å²) in [5.74, 6) is 0.864. The standard InChI is InChI=1S/C22H27ClN6O2S/c1-15(2)32-22-26-20(28-9-11-31-12-10-28)18-14-25-29(21(18)27-22)8-7-24-19(30)13-16-3-5-17(23)6-4-16/h3-6,14-15H,7-13H2,1-2H3,(H,24,30). The minimum absolute atomic E-state index is 0.0385. The lowest BCUT2D eigenvalue weighted by molar-refractivity contribution is -0.120. The van der Waals surface area contributed by atoms with Crippen LogP contribution in [0.5, 0.6) is 0 Å². The largest absolute Gasteiger partial charge is 0.378 e. The highest BCUT2D eigenvalue weighted by molar-refractivity contribution is 7.99. The summed E-state index contributed by atoms with van der Waals surface area (Å²) in [6, 6.07) is 7.30. The lowest BCUT2D eigenvalue weighted by Gasteiger charge is -2.28. The van der Waals surface area contributed by atoms with Gasteiger partial charge >= 0.3 is 0 Å². The molecule has 10 heteroatoms. The summed E-state index contributed by atoms with van der Waals surface area (Å²) in [6.07, 6.45) is 2.13. The molecule has 1 fully saturated rings. The fourth-order valence-electron chi connectivity index (χ4n) is 3.52. The van der Waals surface area contributed by atoms with Crippen molar-refractivity contribution in [3.8, 4) is 0 Å². The Balaban J connectivity index is 1.47. The molecule has 32 heavy (non-hydrogen) atoms. The van der Waals surface area contributed by atoms with E-state index >= 15 is 0 Å². The molecule has 8 nitrogen and oxygen atoms in total. The molecule has 1 N–H and O–H groups in total. The van der Waals surface area contributed by atoms with Crippen molar-refractivity contribution in [3.63, 3.8) is 0 Å². The number of nitrogens with zero attached hydrogens (tertiary/aromatic N) is 5. The van der Waals surface area contributed by atoms with Crippen molar-refractivity contribution in [2.75, 3.05) is 37.7 Å². The highest BCUT2D eigenvalue weighted by Crippen LogP contribution is 2.29. The van der Waals surface area contributed by atoms with E-state index in [1.807, 2.05) is 23.0 Å². The maximum absolute atomic E-state index is 12.3. The number of carbonyl (C=O) groups excluding carboxylic acids is 1. The molecule has 3 aromatic rings. The van der Waals surface area contributed by atoms with E-state index in [0.717, 1.165) is 40.7 Å². The van der Waals surface area contributed by atoms with Crippen LogP contribution in [0.25, 0.3) is 11.0 Å². The zero-order valence-electron chi connectivity index (χ0n) is 18.3. The van der Waals surface area contributed by atoms with E-state index in [9.17, 15) is 4.79 Å². The SMILES string of the molecule is CC(C)Sc1nc(N2CCOCC2)c2cnn(CCNC(=O)Cc3ccc(Cl)cc3)c2n1. The fraction of sp³-hybridized carbons (Fsp3) is 0.455. The number of benzene rings is 1. The minimum Gasteiger partial charge on any atom is -0.378 e. The lowest BCUT2D eigenvalue weighted by atomic mass is 10.1. The van der Waals surface area contributed by atoms with Gasteiger partial charge in [0.25, 0.3) is 0 Å². The Morgan fingerprint density at radius 3 is 2.69 bits per heavy atom. The van der Waals surface area contributed by atoms with Gasteiger partial charge in [-0.15, -0.1) is 0 Å². The first-order valence-corrected chi connectivity index (χ1v) is 12.0. The molecule has 4 rings (SSSR count). The Hall–Kier alpha value is -2.36. The van der Waals surface area contributed by atoms with Crippen LogP contribution in [-0.2, 0) is 22.5 Å². The average Bonchev–Trinajstić information content (AvgIpc) is 3.18. The maximum atomic E-state index is 12.3. The predicted octanol–water partition coefficient (Wildman–Crippen LogP) is 3.18. The average molecular weight is 475 g/mol. The topological polar surface area (TPSA) is 85.2 Å². The van der Waals surface area contributed by atoms with Gasteiger partial charge < -0.3 is 15.0 Å². The van der Waals surface area contributed by atoms with Crippen LogP contribution >= 0.6 is 23.4 Å². The van der Waals surface area contributed by atoms with Gasteiger partial charge in [0.05, 0.1) is 37.8 Å². The fourth-order valence-corrected chi connectivity index (χ4v) is 4.34. The third-order valence-corrected chi connectivity index (χ3v) is 6.15. The van der Waals surface area contributed by atoms with Crippen LogP contribution in [0.3, 0.4) is 0 Å². The van der Waals surface area contributed by atoms with Crippen molar-refractivity contribution in [1.82, 2.24) is 25.1 Å². The molecule has 1 aromatic carbocycles. The zero-order valence-corrected chi connectivity index (χ0v) is 19.8. The molecule has 1 saturated heterocycles. The van der Waals surface area contributed by atoms with Crippen molar-refractivity contribution < 1.29 is 9.53 Å². The molecule has 170 valence electrons. The van der Waals surface area contributed by atoms with E-state index in [2.05, 4.69) is 29.2 Å². The first-order chi connectivity index (χ1) is 15.5. The second kappa shape index (κ2) is 10.5. The number of rotatable bonds is 8. The third-order valence-electron chi connectivity index (χ3n) is 5.03. The number of amides is 1. The van der Waals surface area contributed by atoms with Gasteiger partial charge in [0.2, 0.25) is 5.91 Å². The number of carbonyl (C=O) groups is 1. The highest BCUT2D eigenvalue weighted by Gasteiger charge is 2.20. The summed E-state index contributed by atoms with van der Waals surface area (Å²) in [6.45, 7) is 8.21. The second-order valence-electron chi connectivity index (χ2n) is 7.85. The van der Waals surface area contributed by atoms with Crippen LogP contribution in [0.15, 0.2) is 35.6 Å². The summed E-state index contributed by atoms with van der Waals surface area (Å²) in [4.78, 5) is 24.1. The first-order valence-electron chi connectivity index (χ1n) is 10.7. The number of anilines is 1. The monoisotopic (exact) mass is 474 g/mol. The summed E-state index contributed by atoms with van der Waals surface area (Å²) in [5.41, 5.74) is 1.71. The maximum Gasteiger partial charge on any atom is 0.224 e. The van der Waals surface area contributed by atoms with Crippen molar-refractivity contribution in [3.05, 3.63) is 41.0 Å². The number of aromatic nitrogens is 4. The number of halogens is 1. The van der Waals surface area contributed by atoms with Gasteiger partial charge in [-0.25, -0.2) is 14.6 Å². The van der Waals surface area contributed by atoms with E-state index in [1.54, 1.807) is 23.9 Å². The molecular weight excluding hydrogens is 448 g/mol. The van der Waals surface area contributed by atoms with Crippen molar-refractivity contribution in [2.24, 2.45) is 0 Å². The summed E-state index contributed by atoms with van der Waals surface area (Å²) in [7, 11) is 0. The molecule has 2 aromatic heterocycles. The highest BCUT2D eigenvalue weighted by atomic mass is 35.5. The van der Waals surface area contributed by atoms with Gasteiger partial charge in [0.15, 0.2) is 10.8 Å². The van der Waals surface area contributed by atoms with E-state index in [0.29, 0.717) is 43.0 Å². The molecular formula is C22H27ClN6O2S. The van der Waals surface area contributed by atoms with Gasteiger partial charge in [0.1, 0.15) is 5.82 Å². The van der Waals surface area contributed by atoms with Gasteiger partial charge in [-0.2, -0.15) is 5.10 Å². The minimum atomic E-state index is -0.0385. The molecule has 0 bridgehead atoms.